The lowest BCUT2D eigenvalue weighted by atomic mass is 10.2. The third-order valence-electron chi connectivity index (χ3n) is 4.07. The molecule has 0 radical (unpaired) electrons. The predicted octanol–water partition coefficient (Wildman–Crippen LogP) is 4.76. The number of benzene rings is 2. The van der Waals surface area contributed by atoms with Crippen LogP contribution in [0.1, 0.15) is 23.9 Å². The molecule has 1 aromatic heterocycles. The summed E-state index contributed by atoms with van der Waals surface area (Å²) in [6.45, 7) is 7.46. The van der Waals surface area contributed by atoms with E-state index >= 15 is 0 Å². The number of aromatic nitrogens is 2. The zero-order valence-corrected chi connectivity index (χ0v) is 16.6. The Morgan fingerprint density at radius 3 is 2.11 bits per heavy atom. The Hall–Kier alpha value is -2.86. The maximum atomic E-state index is 5.44. The van der Waals surface area contributed by atoms with Crippen molar-refractivity contribution in [3.63, 3.8) is 0 Å². The third kappa shape index (κ3) is 5.31. The lowest BCUT2D eigenvalue weighted by Gasteiger charge is -2.12. The van der Waals surface area contributed by atoms with Crippen molar-refractivity contribution in [1.29, 1.82) is 0 Å². The van der Waals surface area contributed by atoms with Crippen molar-refractivity contribution < 1.29 is 4.74 Å². The van der Waals surface area contributed by atoms with Gasteiger partial charge in [-0.3, -0.25) is 4.68 Å². The molecule has 3 aromatic rings. The summed E-state index contributed by atoms with van der Waals surface area (Å²) in [6, 6.07) is 18.0. The zero-order chi connectivity index (χ0) is 19.2. The second-order valence-corrected chi connectivity index (χ2v) is 6.73. The van der Waals surface area contributed by atoms with Crippen molar-refractivity contribution in [1.82, 2.24) is 9.78 Å². The van der Waals surface area contributed by atoms with Gasteiger partial charge >= 0.3 is 0 Å². The van der Waals surface area contributed by atoms with Crippen molar-refractivity contribution in [3.8, 4) is 5.75 Å². The summed E-state index contributed by atoms with van der Waals surface area (Å²) in [7, 11) is 0. The fourth-order valence-corrected chi connectivity index (χ4v) is 3.03. The number of nitrogens with one attached hydrogen (secondary N) is 2. The van der Waals surface area contributed by atoms with Crippen molar-refractivity contribution in [2.75, 3.05) is 17.2 Å². The molecule has 0 aliphatic carbocycles. The number of hydrogen-bond donors (Lipinski definition) is 2. The minimum absolute atomic E-state index is 0.547. The van der Waals surface area contributed by atoms with E-state index in [-0.39, 0.29) is 0 Å². The van der Waals surface area contributed by atoms with Gasteiger partial charge in [0.05, 0.1) is 18.8 Å². The highest BCUT2D eigenvalue weighted by molar-refractivity contribution is 7.80. The molecular formula is C21H24N4OS. The lowest BCUT2D eigenvalue weighted by molar-refractivity contribution is 0.340. The smallest absolute Gasteiger partial charge is 0.175 e. The van der Waals surface area contributed by atoms with Gasteiger partial charge in [0.15, 0.2) is 5.11 Å². The molecule has 140 valence electrons. The normalized spacial score (nSPS) is 10.5. The molecule has 2 N–H and O–H groups in total. The Morgan fingerprint density at radius 2 is 1.59 bits per heavy atom. The van der Waals surface area contributed by atoms with Crippen LogP contribution in [-0.4, -0.2) is 21.5 Å². The quantitative estimate of drug-likeness (QED) is 0.604. The molecule has 0 bridgehead atoms. The Balaban J connectivity index is 1.55. The fourth-order valence-electron chi connectivity index (χ4n) is 2.80. The molecule has 27 heavy (non-hydrogen) atoms. The van der Waals surface area contributed by atoms with Gasteiger partial charge in [0.1, 0.15) is 5.75 Å². The summed E-state index contributed by atoms with van der Waals surface area (Å²) in [6.07, 6.45) is 0. The maximum absolute atomic E-state index is 5.44. The molecule has 0 aliphatic heterocycles. The van der Waals surface area contributed by atoms with E-state index in [1.54, 1.807) is 0 Å². The minimum Gasteiger partial charge on any atom is -0.494 e. The minimum atomic E-state index is 0.547. The first-order valence-corrected chi connectivity index (χ1v) is 9.35. The van der Waals surface area contributed by atoms with Gasteiger partial charge < -0.3 is 15.4 Å². The molecule has 2 aromatic carbocycles. The summed E-state index contributed by atoms with van der Waals surface area (Å²) in [5, 5.41) is 11.4. The first kappa shape index (κ1) is 18.9. The first-order chi connectivity index (χ1) is 13.0. The summed E-state index contributed by atoms with van der Waals surface area (Å²) in [5.74, 6) is 0.847. The molecule has 5 nitrogen and oxygen atoms in total. The zero-order valence-electron chi connectivity index (χ0n) is 15.8. The third-order valence-corrected chi connectivity index (χ3v) is 4.27. The van der Waals surface area contributed by atoms with Crippen LogP contribution in [0.4, 0.5) is 11.4 Å². The second-order valence-electron chi connectivity index (χ2n) is 6.32. The average molecular weight is 381 g/mol. The molecule has 0 aliphatic rings. The number of anilines is 2. The van der Waals surface area contributed by atoms with E-state index in [1.165, 1.54) is 5.56 Å². The molecule has 6 heteroatoms. The molecule has 0 atom stereocenters. The SMILES string of the molecule is CCOc1ccc(NC(=S)Nc2ccc(Cn3nc(C)cc3C)cc2)cc1. The number of nitrogens with zero attached hydrogens (tertiary/aromatic N) is 2. The molecule has 0 spiro atoms. The van der Waals surface area contributed by atoms with Crippen LogP contribution in [0.25, 0.3) is 0 Å². The second kappa shape index (κ2) is 8.68. The highest BCUT2D eigenvalue weighted by Gasteiger charge is 2.03. The van der Waals surface area contributed by atoms with Crippen molar-refractivity contribution in [2.45, 2.75) is 27.3 Å². The molecule has 0 amide bonds. The number of aryl methyl sites for hydroxylation is 2. The summed E-state index contributed by atoms with van der Waals surface area (Å²) < 4.78 is 7.45. The van der Waals surface area contributed by atoms with Gasteiger partial charge in [0.25, 0.3) is 0 Å². The van der Waals surface area contributed by atoms with Crippen LogP contribution in [0, 0.1) is 13.8 Å². The van der Waals surface area contributed by atoms with Gasteiger partial charge in [0, 0.05) is 17.1 Å². The Morgan fingerprint density at radius 1 is 1.00 bits per heavy atom. The van der Waals surface area contributed by atoms with Crippen molar-refractivity contribution >= 4 is 28.7 Å². The van der Waals surface area contributed by atoms with Crippen molar-refractivity contribution in [3.05, 3.63) is 71.5 Å². The van der Waals surface area contributed by atoms with E-state index in [4.69, 9.17) is 17.0 Å². The Bertz CT molecular complexity index is 901. The van der Waals surface area contributed by atoms with Crippen LogP contribution in [0.5, 0.6) is 5.75 Å². The van der Waals surface area contributed by atoms with Gasteiger partial charge in [0.2, 0.25) is 0 Å². The van der Waals surface area contributed by atoms with Gasteiger partial charge in [-0.1, -0.05) is 12.1 Å². The van der Waals surface area contributed by atoms with Crippen molar-refractivity contribution in [2.24, 2.45) is 0 Å². The van der Waals surface area contributed by atoms with Gasteiger partial charge in [-0.2, -0.15) is 5.10 Å². The van der Waals surface area contributed by atoms with Crippen LogP contribution in [-0.2, 0) is 6.54 Å². The first-order valence-electron chi connectivity index (χ1n) is 8.94. The van der Waals surface area contributed by atoms with Gasteiger partial charge in [-0.25, -0.2) is 0 Å². The van der Waals surface area contributed by atoms with E-state index in [1.807, 2.05) is 54.9 Å². The largest absolute Gasteiger partial charge is 0.494 e. The van der Waals surface area contributed by atoms with Crippen LogP contribution in [0.3, 0.4) is 0 Å². The summed E-state index contributed by atoms with van der Waals surface area (Å²) >= 11 is 5.39. The summed E-state index contributed by atoms with van der Waals surface area (Å²) in [4.78, 5) is 0. The molecule has 0 saturated heterocycles. The maximum Gasteiger partial charge on any atom is 0.175 e. The van der Waals surface area contributed by atoms with Crippen LogP contribution in [0.2, 0.25) is 0 Å². The van der Waals surface area contributed by atoms with Gasteiger partial charge in [-0.15, -0.1) is 0 Å². The molecule has 3 rings (SSSR count). The molecular weight excluding hydrogens is 356 g/mol. The number of rotatable bonds is 6. The van der Waals surface area contributed by atoms with E-state index in [2.05, 4.69) is 40.9 Å². The van der Waals surface area contributed by atoms with Gasteiger partial charge in [-0.05, 0) is 81.0 Å². The van der Waals surface area contributed by atoms with E-state index in [0.717, 1.165) is 35.1 Å². The van der Waals surface area contributed by atoms with E-state index < -0.39 is 0 Å². The molecule has 1 heterocycles. The molecule has 0 saturated carbocycles. The van der Waals surface area contributed by atoms with E-state index in [9.17, 15) is 0 Å². The Labute approximate surface area is 165 Å². The number of thiocarbonyl (C=S) groups is 1. The topological polar surface area (TPSA) is 51.1 Å². The lowest BCUT2D eigenvalue weighted by Crippen LogP contribution is -2.19. The molecule has 0 unspecified atom stereocenters. The van der Waals surface area contributed by atoms with Crippen LogP contribution >= 0.6 is 12.2 Å². The Kier molecular flexibility index (Phi) is 6.08. The monoisotopic (exact) mass is 380 g/mol. The van der Waals surface area contributed by atoms with Crippen LogP contribution < -0.4 is 15.4 Å². The van der Waals surface area contributed by atoms with Crippen LogP contribution in [0.15, 0.2) is 54.6 Å². The average Bonchev–Trinajstić information content (AvgIpc) is 2.95. The molecule has 0 fully saturated rings. The summed E-state index contributed by atoms with van der Waals surface area (Å²) in [5.41, 5.74) is 5.25. The number of hydrogen-bond acceptors (Lipinski definition) is 3. The highest BCUT2D eigenvalue weighted by Crippen LogP contribution is 2.17. The highest BCUT2D eigenvalue weighted by atomic mass is 32.1. The standard InChI is InChI=1S/C21H24N4OS/c1-4-26-20-11-9-19(10-12-20)23-21(27)22-18-7-5-17(6-8-18)14-25-16(3)13-15(2)24-25/h5-13H,4,14H2,1-3H3,(H2,22,23,27). The number of ether oxygens (including phenoxy) is 1. The van der Waals surface area contributed by atoms with E-state index in [0.29, 0.717) is 11.7 Å². The fraction of sp³-hybridized carbons (Fsp3) is 0.238. The predicted molar refractivity (Wildman–Crippen MR) is 115 cm³/mol.